The fraction of sp³-hybridized carbons (Fsp3) is 0.455. The van der Waals surface area contributed by atoms with E-state index in [-0.39, 0.29) is 5.91 Å². The van der Waals surface area contributed by atoms with Gasteiger partial charge in [0, 0.05) is 6.54 Å². The Morgan fingerprint density at radius 3 is 2.93 bits per heavy atom. The summed E-state index contributed by atoms with van der Waals surface area (Å²) in [7, 11) is 0. The average molecular weight is 271 g/mol. The summed E-state index contributed by atoms with van der Waals surface area (Å²) in [6.45, 7) is 4.91. The minimum Gasteiger partial charge on any atom is -0.350 e. The zero-order valence-corrected chi connectivity index (χ0v) is 10.5. The number of carbonyl (C=O) groups excluding carboxylic acids is 1. The third kappa shape index (κ3) is 4.00. The highest BCUT2D eigenvalue weighted by Gasteiger charge is 2.08. The molecule has 0 aromatic carbocycles. The molecule has 0 spiro atoms. The van der Waals surface area contributed by atoms with Crippen LogP contribution in [0.1, 0.15) is 30.8 Å². The number of hydrogen-bond donors (Lipinski definition) is 1. The number of nitrogens with one attached hydrogen (secondary N) is 1. The predicted octanol–water partition coefficient (Wildman–Crippen LogP) is 2.62. The van der Waals surface area contributed by atoms with Crippen molar-refractivity contribution in [2.24, 2.45) is 5.92 Å². The molecule has 15 heavy (non-hydrogen) atoms. The quantitative estimate of drug-likeness (QED) is 0.855. The smallest absolute Gasteiger partial charge is 0.269 e. The minimum absolute atomic E-state index is 0.114. The Kier molecular flexibility index (Phi) is 4.75. The summed E-state index contributed by atoms with van der Waals surface area (Å²) in [5, 5.41) is 2.85. The molecule has 0 bridgehead atoms. The van der Waals surface area contributed by atoms with Crippen molar-refractivity contribution in [2.75, 3.05) is 6.54 Å². The Labute approximate surface area is 98.4 Å². The molecular weight excluding hydrogens is 256 g/mol. The van der Waals surface area contributed by atoms with Crippen molar-refractivity contribution in [3.05, 3.63) is 28.5 Å². The molecule has 0 saturated heterocycles. The minimum atomic E-state index is -0.114. The Morgan fingerprint density at radius 2 is 2.33 bits per heavy atom. The molecular formula is C11H15BrN2O. The van der Waals surface area contributed by atoms with Crippen molar-refractivity contribution in [3.8, 4) is 0 Å². The normalized spacial score (nSPS) is 12.2. The van der Waals surface area contributed by atoms with Crippen LogP contribution in [0.15, 0.2) is 22.8 Å². The maximum absolute atomic E-state index is 11.6. The first-order valence-corrected chi connectivity index (χ1v) is 5.83. The van der Waals surface area contributed by atoms with Crippen LogP contribution < -0.4 is 5.32 Å². The largest absolute Gasteiger partial charge is 0.350 e. The number of halogens is 1. The van der Waals surface area contributed by atoms with Crippen LogP contribution in [0.4, 0.5) is 0 Å². The first kappa shape index (κ1) is 12.2. The lowest BCUT2D eigenvalue weighted by Gasteiger charge is -2.09. The van der Waals surface area contributed by atoms with Crippen molar-refractivity contribution in [2.45, 2.75) is 20.3 Å². The van der Waals surface area contributed by atoms with Gasteiger partial charge < -0.3 is 5.32 Å². The van der Waals surface area contributed by atoms with E-state index in [9.17, 15) is 4.79 Å². The van der Waals surface area contributed by atoms with Gasteiger partial charge in [0.2, 0.25) is 0 Å². The summed E-state index contributed by atoms with van der Waals surface area (Å²) < 4.78 is 0.679. The second-order valence-corrected chi connectivity index (χ2v) is 4.38. The fourth-order valence-corrected chi connectivity index (χ4v) is 1.38. The van der Waals surface area contributed by atoms with E-state index in [1.54, 1.807) is 18.2 Å². The molecule has 82 valence electrons. The van der Waals surface area contributed by atoms with Crippen molar-refractivity contribution in [1.82, 2.24) is 10.3 Å². The van der Waals surface area contributed by atoms with E-state index in [4.69, 9.17) is 0 Å². The molecule has 1 aromatic rings. The third-order valence-corrected chi connectivity index (χ3v) is 2.70. The second kappa shape index (κ2) is 5.85. The Bertz CT molecular complexity index is 341. The van der Waals surface area contributed by atoms with E-state index in [0.717, 1.165) is 6.42 Å². The average Bonchev–Trinajstić information content (AvgIpc) is 2.25. The molecule has 1 amide bonds. The van der Waals surface area contributed by atoms with Crippen molar-refractivity contribution < 1.29 is 4.79 Å². The molecule has 0 aliphatic heterocycles. The molecule has 0 saturated carbocycles. The van der Waals surface area contributed by atoms with Crippen molar-refractivity contribution >= 4 is 21.8 Å². The third-order valence-electron chi connectivity index (χ3n) is 2.26. The molecule has 1 aromatic heterocycles. The lowest BCUT2D eigenvalue weighted by Crippen LogP contribution is -2.28. The zero-order valence-electron chi connectivity index (χ0n) is 8.96. The van der Waals surface area contributed by atoms with Crippen LogP contribution in [-0.2, 0) is 0 Å². The lowest BCUT2D eigenvalue weighted by molar-refractivity contribution is 0.0942. The highest BCUT2D eigenvalue weighted by Crippen LogP contribution is 2.06. The molecule has 1 rings (SSSR count). The van der Waals surface area contributed by atoms with Crippen molar-refractivity contribution in [3.63, 3.8) is 0 Å². The van der Waals surface area contributed by atoms with Crippen LogP contribution in [0.25, 0.3) is 0 Å². The highest BCUT2D eigenvalue weighted by atomic mass is 79.9. The zero-order chi connectivity index (χ0) is 11.3. The maximum Gasteiger partial charge on any atom is 0.269 e. The van der Waals surface area contributed by atoms with Gasteiger partial charge in [0.15, 0.2) is 0 Å². The molecule has 0 radical (unpaired) electrons. The summed E-state index contributed by atoms with van der Waals surface area (Å²) in [6, 6.07) is 5.30. The SMILES string of the molecule is CCC(C)CNC(=O)c1cccc(Br)n1. The standard InChI is InChI=1S/C11H15BrN2O/c1-3-8(2)7-13-11(15)9-5-4-6-10(12)14-9/h4-6,8H,3,7H2,1-2H3,(H,13,15). The predicted molar refractivity (Wildman–Crippen MR) is 63.7 cm³/mol. The van der Waals surface area contributed by atoms with Gasteiger partial charge in [-0.2, -0.15) is 0 Å². The van der Waals surface area contributed by atoms with Gasteiger partial charge in [-0.05, 0) is 34.0 Å². The van der Waals surface area contributed by atoms with E-state index in [1.807, 2.05) is 0 Å². The number of pyridine rings is 1. The monoisotopic (exact) mass is 270 g/mol. The molecule has 1 heterocycles. The van der Waals surface area contributed by atoms with E-state index in [2.05, 4.69) is 40.1 Å². The Hall–Kier alpha value is -0.900. The Morgan fingerprint density at radius 1 is 1.60 bits per heavy atom. The summed E-state index contributed by atoms with van der Waals surface area (Å²) >= 11 is 3.23. The molecule has 0 aliphatic carbocycles. The van der Waals surface area contributed by atoms with Crippen LogP contribution >= 0.6 is 15.9 Å². The molecule has 1 atom stereocenters. The van der Waals surface area contributed by atoms with Crippen LogP contribution in [0.5, 0.6) is 0 Å². The molecule has 4 heteroatoms. The van der Waals surface area contributed by atoms with Gasteiger partial charge in [0.25, 0.3) is 5.91 Å². The second-order valence-electron chi connectivity index (χ2n) is 3.57. The topological polar surface area (TPSA) is 42.0 Å². The van der Waals surface area contributed by atoms with Gasteiger partial charge in [0.05, 0.1) is 0 Å². The van der Waals surface area contributed by atoms with Gasteiger partial charge in [0.1, 0.15) is 10.3 Å². The molecule has 3 nitrogen and oxygen atoms in total. The first-order valence-electron chi connectivity index (χ1n) is 5.04. The molecule has 0 fully saturated rings. The number of nitrogens with zero attached hydrogens (tertiary/aromatic N) is 1. The van der Waals surface area contributed by atoms with Gasteiger partial charge >= 0.3 is 0 Å². The highest BCUT2D eigenvalue weighted by molar-refractivity contribution is 9.10. The van der Waals surface area contributed by atoms with E-state index >= 15 is 0 Å². The number of amides is 1. The summed E-state index contributed by atoms with van der Waals surface area (Å²) in [5.41, 5.74) is 0.452. The number of carbonyl (C=O) groups is 1. The summed E-state index contributed by atoms with van der Waals surface area (Å²) in [4.78, 5) is 15.7. The van der Waals surface area contributed by atoms with Crippen LogP contribution in [0.2, 0.25) is 0 Å². The summed E-state index contributed by atoms with van der Waals surface area (Å²) in [5.74, 6) is 0.387. The number of hydrogen-bond acceptors (Lipinski definition) is 2. The maximum atomic E-state index is 11.6. The van der Waals surface area contributed by atoms with Gasteiger partial charge in [-0.15, -0.1) is 0 Å². The molecule has 1 unspecified atom stereocenters. The van der Waals surface area contributed by atoms with Gasteiger partial charge in [-0.3, -0.25) is 4.79 Å². The van der Waals surface area contributed by atoms with Crippen LogP contribution in [-0.4, -0.2) is 17.4 Å². The molecule has 1 N–H and O–H groups in total. The summed E-state index contributed by atoms with van der Waals surface area (Å²) in [6.07, 6.45) is 1.06. The van der Waals surface area contributed by atoms with Gasteiger partial charge in [-0.1, -0.05) is 26.3 Å². The van der Waals surface area contributed by atoms with Crippen molar-refractivity contribution in [1.29, 1.82) is 0 Å². The van der Waals surface area contributed by atoms with E-state index < -0.39 is 0 Å². The fourth-order valence-electron chi connectivity index (χ4n) is 1.04. The van der Waals surface area contributed by atoms with E-state index in [1.165, 1.54) is 0 Å². The Balaban J connectivity index is 2.54. The number of aromatic nitrogens is 1. The van der Waals surface area contributed by atoms with Crippen LogP contribution in [0.3, 0.4) is 0 Å². The first-order chi connectivity index (χ1) is 7.13. The van der Waals surface area contributed by atoms with E-state index in [0.29, 0.717) is 22.8 Å². The van der Waals surface area contributed by atoms with Crippen LogP contribution in [0, 0.1) is 5.92 Å². The lowest BCUT2D eigenvalue weighted by atomic mass is 10.1. The molecule has 0 aliphatic rings. The van der Waals surface area contributed by atoms with Gasteiger partial charge in [-0.25, -0.2) is 4.98 Å². The number of rotatable bonds is 4.